The van der Waals surface area contributed by atoms with Crippen molar-refractivity contribution in [1.82, 2.24) is 4.98 Å². The van der Waals surface area contributed by atoms with Gasteiger partial charge in [0.1, 0.15) is 5.82 Å². The summed E-state index contributed by atoms with van der Waals surface area (Å²) in [5.41, 5.74) is 11.3. The van der Waals surface area contributed by atoms with Crippen LogP contribution in [0.15, 0.2) is 12.1 Å². The molecule has 6 nitrogen and oxygen atoms in total. The Morgan fingerprint density at radius 3 is 2.82 bits per heavy atom. The van der Waals surface area contributed by atoms with E-state index in [1.165, 1.54) is 0 Å². The quantitative estimate of drug-likeness (QED) is 0.746. The zero-order valence-electron chi connectivity index (χ0n) is 10.1. The van der Waals surface area contributed by atoms with Crippen LogP contribution < -0.4 is 21.1 Å². The standard InChI is InChI=1S/C11H18N4O2/c1-3-6-17-11-8(12)4-5-10(14-11)15(2)7-9(13)16/h4-5H,3,6-7,12H2,1-2H3,(H2,13,16). The van der Waals surface area contributed by atoms with E-state index in [2.05, 4.69) is 4.98 Å². The van der Waals surface area contributed by atoms with Gasteiger partial charge in [-0.1, -0.05) is 6.92 Å². The van der Waals surface area contributed by atoms with Crippen LogP contribution in [-0.4, -0.2) is 31.1 Å². The summed E-state index contributed by atoms with van der Waals surface area (Å²) in [7, 11) is 1.73. The van der Waals surface area contributed by atoms with E-state index in [0.29, 0.717) is 24.0 Å². The van der Waals surface area contributed by atoms with Crippen molar-refractivity contribution < 1.29 is 9.53 Å². The summed E-state index contributed by atoms with van der Waals surface area (Å²) in [6.45, 7) is 2.66. The van der Waals surface area contributed by atoms with Crippen molar-refractivity contribution >= 4 is 17.4 Å². The number of pyridine rings is 1. The van der Waals surface area contributed by atoms with E-state index in [1.807, 2.05) is 6.92 Å². The molecular formula is C11H18N4O2. The first kappa shape index (κ1) is 13.1. The van der Waals surface area contributed by atoms with Crippen LogP contribution in [0.1, 0.15) is 13.3 Å². The molecule has 0 saturated carbocycles. The summed E-state index contributed by atoms with van der Waals surface area (Å²) in [4.78, 5) is 16.7. The van der Waals surface area contributed by atoms with Crippen LogP contribution in [0.25, 0.3) is 0 Å². The molecule has 17 heavy (non-hydrogen) atoms. The number of nitrogen functional groups attached to an aromatic ring is 1. The molecule has 0 aliphatic heterocycles. The summed E-state index contributed by atoms with van der Waals surface area (Å²) in [5.74, 6) is 0.576. The number of hydrogen-bond acceptors (Lipinski definition) is 5. The molecule has 94 valence electrons. The van der Waals surface area contributed by atoms with Crippen molar-refractivity contribution in [2.45, 2.75) is 13.3 Å². The van der Waals surface area contributed by atoms with Crippen LogP contribution in [0.2, 0.25) is 0 Å². The molecule has 1 amide bonds. The summed E-state index contributed by atoms with van der Waals surface area (Å²) in [6, 6.07) is 3.42. The molecule has 0 saturated heterocycles. The van der Waals surface area contributed by atoms with Gasteiger partial charge in [-0.3, -0.25) is 4.79 Å². The van der Waals surface area contributed by atoms with Gasteiger partial charge in [-0.2, -0.15) is 4.98 Å². The molecular weight excluding hydrogens is 220 g/mol. The van der Waals surface area contributed by atoms with Crippen molar-refractivity contribution in [2.75, 3.05) is 30.8 Å². The lowest BCUT2D eigenvalue weighted by Crippen LogP contribution is -2.31. The highest BCUT2D eigenvalue weighted by molar-refractivity contribution is 5.79. The van der Waals surface area contributed by atoms with E-state index in [0.717, 1.165) is 6.42 Å². The van der Waals surface area contributed by atoms with Gasteiger partial charge in [-0.25, -0.2) is 0 Å². The second-order valence-electron chi connectivity index (χ2n) is 3.73. The second kappa shape index (κ2) is 5.93. The third-order valence-electron chi connectivity index (χ3n) is 2.10. The number of aromatic nitrogens is 1. The fourth-order valence-corrected chi connectivity index (χ4v) is 1.28. The molecule has 4 N–H and O–H groups in total. The number of rotatable bonds is 6. The molecule has 1 rings (SSSR count). The molecule has 1 heterocycles. The molecule has 0 unspecified atom stereocenters. The summed E-state index contributed by atoms with van der Waals surface area (Å²) in [5, 5.41) is 0. The number of carbonyl (C=O) groups is 1. The maximum Gasteiger partial charge on any atom is 0.239 e. The van der Waals surface area contributed by atoms with E-state index in [9.17, 15) is 4.79 Å². The minimum atomic E-state index is -0.415. The van der Waals surface area contributed by atoms with Gasteiger partial charge in [0.2, 0.25) is 11.8 Å². The predicted molar refractivity (Wildman–Crippen MR) is 66.9 cm³/mol. The molecule has 0 fully saturated rings. The van der Waals surface area contributed by atoms with Gasteiger partial charge in [-0.15, -0.1) is 0 Å². The highest BCUT2D eigenvalue weighted by Gasteiger charge is 2.09. The normalized spacial score (nSPS) is 10.0. The molecule has 0 aromatic carbocycles. The Labute approximate surface area is 101 Å². The summed E-state index contributed by atoms with van der Waals surface area (Å²) < 4.78 is 5.40. The SMILES string of the molecule is CCCOc1nc(N(C)CC(N)=O)ccc1N. The number of ether oxygens (including phenoxy) is 1. The van der Waals surface area contributed by atoms with Gasteiger partial charge in [0.15, 0.2) is 0 Å². The molecule has 1 aromatic heterocycles. The van der Waals surface area contributed by atoms with Gasteiger partial charge < -0.3 is 21.1 Å². The third kappa shape index (κ3) is 3.82. The Morgan fingerprint density at radius 2 is 2.24 bits per heavy atom. The van der Waals surface area contributed by atoms with Crippen molar-refractivity contribution in [1.29, 1.82) is 0 Å². The monoisotopic (exact) mass is 238 g/mol. The van der Waals surface area contributed by atoms with Gasteiger partial charge in [0.05, 0.1) is 18.8 Å². The number of nitrogens with zero attached hydrogens (tertiary/aromatic N) is 2. The Balaban J connectivity index is 2.83. The zero-order chi connectivity index (χ0) is 12.8. The van der Waals surface area contributed by atoms with Crippen molar-refractivity contribution in [2.24, 2.45) is 5.73 Å². The molecule has 0 aliphatic carbocycles. The topological polar surface area (TPSA) is 94.5 Å². The van der Waals surface area contributed by atoms with E-state index in [1.54, 1.807) is 24.1 Å². The van der Waals surface area contributed by atoms with Crippen LogP contribution in [0.3, 0.4) is 0 Å². The Bertz CT molecular complexity index is 395. The fourth-order valence-electron chi connectivity index (χ4n) is 1.28. The molecule has 0 aliphatic rings. The number of hydrogen-bond donors (Lipinski definition) is 2. The van der Waals surface area contributed by atoms with Gasteiger partial charge in [-0.05, 0) is 18.6 Å². The first-order valence-electron chi connectivity index (χ1n) is 5.43. The first-order chi connectivity index (χ1) is 8.04. The minimum absolute atomic E-state index is 0.101. The number of carbonyl (C=O) groups excluding carboxylic acids is 1. The number of anilines is 2. The van der Waals surface area contributed by atoms with Gasteiger partial charge >= 0.3 is 0 Å². The molecule has 0 bridgehead atoms. The van der Waals surface area contributed by atoms with E-state index in [-0.39, 0.29) is 6.54 Å². The fraction of sp³-hybridized carbons (Fsp3) is 0.455. The van der Waals surface area contributed by atoms with E-state index >= 15 is 0 Å². The lowest BCUT2D eigenvalue weighted by atomic mass is 10.3. The van der Waals surface area contributed by atoms with E-state index < -0.39 is 5.91 Å². The van der Waals surface area contributed by atoms with Gasteiger partial charge in [0, 0.05) is 7.05 Å². The van der Waals surface area contributed by atoms with Crippen LogP contribution in [-0.2, 0) is 4.79 Å². The smallest absolute Gasteiger partial charge is 0.239 e. The van der Waals surface area contributed by atoms with Crippen LogP contribution in [0.5, 0.6) is 5.88 Å². The van der Waals surface area contributed by atoms with Crippen LogP contribution in [0.4, 0.5) is 11.5 Å². The van der Waals surface area contributed by atoms with Crippen LogP contribution >= 0.6 is 0 Å². The first-order valence-corrected chi connectivity index (χ1v) is 5.43. The van der Waals surface area contributed by atoms with Crippen molar-refractivity contribution in [3.8, 4) is 5.88 Å². The highest BCUT2D eigenvalue weighted by atomic mass is 16.5. The number of amides is 1. The Hall–Kier alpha value is -1.98. The maximum atomic E-state index is 10.8. The number of likely N-dealkylation sites (N-methyl/N-ethyl adjacent to an activating group) is 1. The van der Waals surface area contributed by atoms with Crippen LogP contribution in [0, 0.1) is 0 Å². The molecule has 1 aromatic rings. The van der Waals surface area contributed by atoms with Crippen molar-refractivity contribution in [3.05, 3.63) is 12.1 Å². The number of nitrogens with two attached hydrogens (primary N) is 2. The molecule has 0 radical (unpaired) electrons. The summed E-state index contributed by atoms with van der Waals surface area (Å²) in [6.07, 6.45) is 0.877. The van der Waals surface area contributed by atoms with E-state index in [4.69, 9.17) is 16.2 Å². The second-order valence-corrected chi connectivity index (χ2v) is 3.73. The maximum absolute atomic E-state index is 10.8. The summed E-state index contributed by atoms with van der Waals surface area (Å²) >= 11 is 0. The lowest BCUT2D eigenvalue weighted by molar-refractivity contribution is -0.116. The highest BCUT2D eigenvalue weighted by Crippen LogP contribution is 2.22. The Morgan fingerprint density at radius 1 is 1.53 bits per heavy atom. The molecule has 6 heteroatoms. The van der Waals surface area contributed by atoms with Gasteiger partial charge in [0.25, 0.3) is 0 Å². The Kier molecular flexibility index (Phi) is 4.56. The average molecular weight is 238 g/mol. The predicted octanol–water partition coefficient (Wildman–Crippen LogP) is 0.374. The zero-order valence-corrected chi connectivity index (χ0v) is 10.1. The minimum Gasteiger partial charge on any atom is -0.476 e. The average Bonchev–Trinajstić information content (AvgIpc) is 2.27. The third-order valence-corrected chi connectivity index (χ3v) is 2.10. The lowest BCUT2D eigenvalue weighted by Gasteiger charge is -2.17. The number of primary amides is 1. The molecule has 0 atom stereocenters. The van der Waals surface area contributed by atoms with Crippen molar-refractivity contribution in [3.63, 3.8) is 0 Å². The molecule has 0 spiro atoms. The largest absolute Gasteiger partial charge is 0.476 e.